The summed E-state index contributed by atoms with van der Waals surface area (Å²) >= 11 is 0. The fourth-order valence-corrected chi connectivity index (χ4v) is 8.39. The summed E-state index contributed by atoms with van der Waals surface area (Å²) in [5.41, 5.74) is 10.9. The van der Waals surface area contributed by atoms with Crippen LogP contribution < -0.4 is 0 Å². The SMILES string of the molecule is CC1(C)C2=C(c3ccccc31)C(C)(C)c1c(-c3nc4ccccc4c4ccccc34)[c-]ccc12.CCC(C)(CC)C(=O)/C=C(\O)C(C)(CC)CC.[Ir]. The number of aliphatic hydroxyl groups excluding tert-OH is 1. The van der Waals surface area contributed by atoms with Gasteiger partial charge in [-0.05, 0) is 75.9 Å². The van der Waals surface area contributed by atoms with E-state index in [4.69, 9.17) is 4.98 Å². The summed E-state index contributed by atoms with van der Waals surface area (Å²) in [5, 5.41) is 13.8. The molecule has 52 heavy (non-hydrogen) atoms. The molecule has 0 bridgehead atoms. The molecule has 2 aliphatic rings. The fraction of sp³-hybridized carbons (Fsp3) is 0.375. The van der Waals surface area contributed by atoms with Gasteiger partial charge in [0.2, 0.25) is 0 Å². The Bertz CT molecular complexity index is 2210. The Morgan fingerprint density at radius 1 is 0.712 bits per heavy atom. The zero-order valence-corrected chi connectivity index (χ0v) is 35.0. The smallest absolute Gasteiger partial charge is 0.164 e. The summed E-state index contributed by atoms with van der Waals surface area (Å²) in [6.45, 7) is 21.6. The van der Waals surface area contributed by atoms with Crippen LogP contribution in [0.4, 0.5) is 0 Å². The molecule has 7 rings (SSSR count). The van der Waals surface area contributed by atoms with Gasteiger partial charge >= 0.3 is 0 Å². The van der Waals surface area contributed by atoms with Crippen molar-refractivity contribution in [2.24, 2.45) is 10.8 Å². The molecular weight excluding hydrogens is 815 g/mol. The maximum absolute atomic E-state index is 12.2. The summed E-state index contributed by atoms with van der Waals surface area (Å²) in [4.78, 5) is 17.4. The molecule has 0 aliphatic heterocycles. The summed E-state index contributed by atoms with van der Waals surface area (Å²) in [6, 6.07) is 34.1. The predicted octanol–water partition coefficient (Wildman–Crippen LogP) is 13.0. The van der Waals surface area contributed by atoms with Crippen molar-refractivity contribution in [2.45, 2.75) is 106 Å². The van der Waals surface area contributed by atoms with Gasteiger partial charge in [0, 0.05) is 47.8 Å². The largest absolute Gasteiger partial charge is 0.512 e. The van der Waals surface area contributed by atoms with Gasteiger partial charge in [0.1, 0.15) is 5.76 Å². The molecule has 0 unspecified atom stereocenters. The molecule has 5 aromatic rings. The third-order valence-corrected chi connectivity index (χ3v) is 12.7. The van der Waals surface area contributed by atoms with Crippen molar-refractivity contribution in [1.82, 2.24) is 4.98 Å². The Balaban J connectivity index is 0.000000250. The second kappa shape index (κ2) is 14.5. The van der Waals surface area contributed by atoms with Gasteiger partial charge in [0.15, 0.2) is 5.78 Å². The monoisotopic (exact) mass is 869 g/mol. The van der Waals surface area contributed by atoms with Gasteiger partial charge in [-0.1, -0.05) is 142 Å². The molecule has 2 aliphatic carbocycles. The van der Waals surface area contributed by atoms with Gasteiger partial charge in [-0.2, -0.15) is 0 Å². The van der Waals surface area contributed by atoms with Crippen LogP contribution in [-0.4, -0.2) is 15.9 Å². The van der Waals surface area contributed by atoms with E-state index in [1.165, 1.54) is 55.6 Å². The summed E-state index contributed by atoms with van der Waals surface area (Å²) < 4.78 is 0. The van der Waals surface area contributed by atoms with Gasteiger partial charge in [0.25, 0.3) is 0 Å². The number of nitrogens with zero attached hydrogens (tertiary/aromatic N) is 1. The molecule has 0 saturated heterocycles. The van der Waals surface area contributed by atoms with Crippen molar-refractivity contribution in [3.8, 4) is 11.3 Å². The predicted molar refractivity (Wildman–Crippen MR) is 216 cm³/mol. The molecule has 1 radical (unpaired) electrons. The molecule has 1 N–H and O–H groups in total. The van der Waals surface area contributed by atoms with Crippen LogP contribution >= 0.6 is 0 Å². The van der Waals surface area contributed by atoms with Gasteiger partial charge < -0.3 is 5.11 Å². The average molecular weight is 869 g/mol. The Hall–Kier alpha value is -3.85. The zero-order valence-electron chi connectivity index (χ0n) is 32.6. The van der Waals surface area contributed by atoms with E-state index in [9.17, 15) is 9.90 Å². The van der Waals surface area contributed by atoms with Crippen LogP contribution in [0.25, 0.3) is 44.1 Å². The van der Waals surface area contributed by atoms with E-state index in [0.717, 1.165) is 42.5 Å². The molecule has 0 atom stereocenters. The van der Waals surface area contributed by atoms with Crippen molar-refractivity contribution >= 4 is 38.6 Å². The Morgan fingerprint density at radius 2 is 1.25 bits per heavy atom. The number of ketones is 1. The Kier molecular flexibility index (Phi) is 11.0. The van der Waals surface area contributed by atoms with Crippen molar-refractivity contribution in [3.63, 3.8) is 0 Å². The first kappa shape index (κ1) is 39.4. The van der Waals surface area contributed by atoms with E-state index >= 15 is 0 Å². The fourth-order valence-electron chi connectivity index (χ4n) is 8.39. The number of pyridine rings is 1. The third-order valence-electron chi connectivity index (χ3n) is 12.7. The number of aliphatic hydroxyl groups is 1. The van der Waals surface area contributed by atoms with E-state index in [-0.39, 0.29) is 53.3 Å². The van der Waals surface area contributed by atoms with E-state index in [0.29, 0.717) is 0 Å². The second-order valence-corrected chi connectivity index (χ2v) is 16.1. The first-order valence-electron chi connectivity index (χ1n) is 18.8. The van der Waals surface area contributed by atoms with Gasteiger partial charge in [0.05, 0.1) is 5.52 Å². The maximum Gasteiger partial charge on any atom is 0.164 e. The number of para-hydroxylation sites is 1. The normalized spacial score (nSPS) is 15.8. The Morgan fingerprint density at radius 3 is 1.88 bits per heavy atom. The van der Waals surface area contributed by atoms with Crippen LogP contribution in [0.2, 0.25) is 0 Å². The molecule has 0 amide bonds. The summed E-state index contributed by atoms with van der Waals surface area (Å²) in [6.07, 6.45) is 4.75. The molecular formula is C48H54IrNO2-. The number of fused-ring (bicyclic) bond motifs is 7. The minimum atomic E-state index is -0.337. The third kappa shape index (κ3) is 6.20. The van der Waals surface area contributed by atoms with Crippen LogP contribution in [0.1, 0.15) is 117 Å². The summed E-state index contributed by atoms with van der Waals surface area (Å²) in [5.74, 6) is 0.286. The molecule has 4 aromatic carbocycles. The van der Waals surface area contributed by atoms with Gasteiger partial charge in [-0.25, -0.2) is 0 Å². The molecule has 0 fully saturated rings. The minimum absolute atomic E-state index is 0. The van der Waals surface area contributed by atoms with E-state index in [2.05, 4.69) is 119 Å². The van der Waals surface area contributed by atoms with Gasteiger partial charge in [-0.15, -0.1) is 29.3 Å². The molecule has 4 heteroatoms. The topological polar surface area (TPSA) is 50.2 Å². The molecule has 0 spiro atoms. The first-order valence-corrected chi connectivity index (χ1v) is 18.8. The van der Waals surface area contributed by atoms with Crippen LogP contribution in [0.5, 0.6) is 0 Å². The van der Waals surface area contributed by atoms with Crippen LogP contribution in [0, 0.1) is 16.9 Å². The molecule has 1 heterocycles. The number of rotatable bonds is 8. The standard InChI is InChI=1S/C33H26N.C15H28O2.Ir/c1-32(2)26-18-9-7-15-23(26)29-30(32)24-16-11-17-25(28(24)33(29,3)4)31-22-14-6-5-12-20(22)21-13-8-10-19-27(21)34-31;1-7-14(5,8-2)12(16)11-13(17)15(6,9-3)10-4;/h5-16,18-19H,1-4H3;11,16H,7-10H2,1-6H3;/q-1;;/b;12-11-;. The van der Waals surface area contributed by atoms with Crippen molar-refractivity contribution in [3.05, 3.63) is 125 Å². The van der Waals surface area contributed by atoms with Crippen molar-refractivity contribution < 1.29 is 30.0 Å². The molecule has 3 nitrogen and oxygen atoms in total. The number of hydrogen-bond acceptors (Lipinski definition) is 3. The summed E-state index contributed by atoms with van der Waals surface area (Å²) in [7, 11) is 0. The van der Waals surface area contributed by atoms with Gasteiger partial charge in [-0.3, -0.25) is 9.78 Å². The number of carbonyl (C=O) groups excluding carboxylic acids is 1. The average Bonchev–Trinajstić information content (AvgIpc) is 3.55. The molecule has 1 aromatic heterocycles. The van der Waals surface area contributed by atoms with E-state index in [1.807, 2.05) is 41.5 Å². The van der Waals surface area contributed by atoms with E-state index in [1.54, 1.807) is 0 Å². The number of carbonyl (C=O) groups is 1. The molecule has 273 valence electrons. The van der Waals surface area contributed by atoms with Crippen LogP contribution in [-0.2, 0) is 35.7 Å². The van der Waals surface area contributed by atoms with Crippen LogP contribution in [0.3, 0.4) is 0 Å². The first-order chi connectivity index (χ1) is 24.2. The van der Waals surface area contributed by atoms with Crippen LogP contribution in [0.15, 0.2) is 96.8 Å². The van der Waals surface area contributed by atoms with Crippen molar-refractivity contribution in [1.29, 1.82) is 0 Å². The maximum atomic E-state index is 12.2. The number of hydrogen-bond donors (Lipinski definition) is 1. The zero-order chi connectivity index (χ0) is 36.9. The van der Waals surface area contributed by atoms with Crippen molar-refractivity contribution in [2.75, 3.05) is 0 Å². The number of allylic oxidation sites excluding steroid dienone is 4. The second-order valence-electron chi connectivity index (χ2n) is 16.1. The Labute approximate surface area is 325 Å². The minimum Gasteiger partial charge on any atom is -0.512 e. The molecule has 0 saturated carbocycles. The quantitative estimate of drug-likeness (QED) is 0.0731. The number of benzene rings is 4. The van der Waals surface area contributed by atoms with E-state index < -0.39 is 0 Å². The number of aromatic nitrogens is 1.